The zero-order valence-electron chi connectivity index (χ0n) is 10.1. The second-order valence-corrected chi connectivity index (χ2v) is 3.22. The number of hydrogen-bond donors (Lipinski definition) is 1. The molecule has 88 valence electrons. The summed E-state index contributed by atoms with van der Waals surface area (Å²) in [6, 6.07) is 8.62. The molecule has 17 heavy (non-hydrogen) atoms. The van der Waals surface area contributed by atoms with Crippen LogP contribution < -0.4 is 5.56 Å². The SMILES string of the molecule is CC.Cn1c(=O)c(C#N)c(O)c2ccccc21. The average molecular weight is 230 g/mol. The standard InChI is InChI=1S/C11H8N2O2.C2H6/c1-13-9-5-3-2-4-7(9)10(14)8(6-12)11(13)15;1-2/h2-5,14H,1H3;1-2H3. The van der Waals surface area contributed by atoms with Crippen molar-refractivity contribution >= 4 is 10.9 Å². The monoisotopic (exact) mass is 230 g/mol. The highest BCUT2D eigenvalue weighted by Crippen LogP contribution is 2.24. The van der Waals surface area contributed by atoms with Gasteiger partial charge >= 0.3 is 0 Å². The fourth-order valence-corrected chi connectivity index (χ4v) is 1.58. The fourth-order valence-electron chi connectivity index (χ4n) is 1.58. The van der Waals surface area contributed by atoms with Crippen LogP contribution in [0, 0.1) is 11.3 Å². The van der Waals surface area contributed by atoms with E-state index in [0.29, 0.717) is 10.9 Å². The van der Waals surface area contributed by atoms with Crippen LogP contribution in [0.25, 0.3) is 10.9 Å². The Bertz CT molecular complexity index is 636. The van der Waals surface area contributed by atoms with Gasteiger partial charge in [0, 0.05) is 12.4 Å². The third-order valence-corrected chi connectivity index (χ3v) is 2.39. The molecule has 1 N–H and O–H groups in total. The summed E-state index contributed by atoms with van der Waals surface area (Å²) in [5.74, 6) is -0.240. The van der Waals surface area contributed by atoms with Gasteiger partial charge in [-0.25, -0.2) is 0 Å². The van der Waals surface area contributed by atoms with E-state index in [-0.39, 0.29) is 11.3 Å². The van der Waals surface area contributed by atoms with Crippen molar-refractivity contribution in [3.63, 3.8) is 0 Å². The topological polar surface area (TPSA) is 66.0 Å². The Morgan fingerprint density at radius 1 is 1.29 bits per heavy atom. The molecule has 0 atom stereocenters. The predicted molar refractivity (Wildman–Crippen MR) is 66.9 cm³/mol. The van der Waals surface area contributed by atoms with Gasteiger partial charge in [0.05, 0.1) is 5.52 Å². The van der Waals surface area contributed by atoms with Crippen molar-refractivity contribution in [2.45, 2.75) is 13.8 Å². The number of aryl methyl sites for hydroxylation is 1. The molecule has 1 aromatic heterocycles. The van der Waals surface area contributed by atoms with Gasteiger partial charge in [0.15, 0.2) is 5.56 Å². The van der Waals surface area contributed by atoms with Gasteiger partial charge < -0.3 is 9.67 Å². The van der Waals surface area contributed by atoms with Crippen molar-refractivity contribution in [2.75, 3.05) is 0 Å². The molecule has 0 amide bonds. The molecular weight excluding hydrogens is 216 g/mol. The lowest BCUT2D eigenvalue weighted by Gasteiger charge is -2.07. The summed E-state index contributed by atoms with van der Waals surface area (Å²) in [4.78, 5) is 11.6. The summed E-state index contributed by atoms with van der Waals surface area (Å²) in [6.45, 7) is 4.00. The van der Waals surface area contributed by atoms with Crippen LogP contribution in [-0.4, -0.2) is 9.67 Å². The van der Waals surface area contributed by atoms with Crippen LogP contribution in [0.4, 0.5) is 0 Å². The Balaban J connectivity index is 0.000000686. The summed E-state index contributed by atoms with van der Waals surface area (Å²) in [6.07, 6.45) is 0. The van der Waals surface area contributed by atoms with Crippen molar-refractivity contribution in [3.05, 3.63) is 40.2 Å². The first-order valence-corrected chi connectivity index (χ1v) is 5.37. The second kappa shape index (κ2) is 5.17. The molecule has 2 aromatic rings. The summed E-state index contributed by atoms with van der Waals surface area (Å²) < 4.78 is 1.35. The quantitative estimate of drug-likeness (QED) is 0.754. The van der Waals surface area contributed by atoms with Gasteiger partial charge in [-0.15, -0.1) is 0 Å². The minimum atomic E-state index is -0.478. The molecule has 0 fully saturated rings. The molecule has 0 spiro atoms. The number of nitriles is 1. The minimum absolute atomic E-state index is 0.212. The molecular formula is C13H14N2O2. The number of aromatic nitrogens is 1. The van der Waals surface area contributed by atoms with Crippen LogP contribution >= 0.6 is 0 Å². The first-order valence-electron chi connectivity index (χ1n) is 5.37. The molecule has 0 saturated heterocycles. The number of aromatic hydroxyl groups is 1. The number of benzene rings is 1. The van der Waals surface area contributed by atoms with Crippen molar-refractivity contribution in [1.82, 2.24) is 4.57 Å². The molecule has 0 aliphatic heterocycles. The van der Waals surface area contributed by atoms with E-state index < -0.39 is 5.56 Å². The molecule has 0 bridgehead atoms. The lowest BCUT2D eigenvalue weighted by molar-refractivity contribution is 0.477. The van der Waals surface area contributed by atoms with E-state index in [0.717, 1.165) is 0 Å². The third-order valence-electron chi connectivity index (χ3n) is 2.39. The number of hydrogen-bond acceptors (Lipinski definition) is 3. The van der Waals surface area contributed by atoms with Crippen molar-refractivity contribution in [3.8, 4) is 11.8 Å². The first-order chi connectivity index (χ1) is 8.16. The maximum atomic E-state index is 11.6. The highest BCUT2D eigenvalue weighted by molar-refractivity contribution is 5.87. The molecule has 4 heteroatoms. The lowest BCUT2D eigenvalue weighted by Crippen LogP contribution is -2.19. The van der Waals surface area contributed by atoms with Gasteiger partial charge in [0.1, 0.15) is 11.8 Å². The Morgan fingerprint density at radius 2 is 1.88 bits per heavy atom. The zero-order chi connectivity index (χ0) is 13.0. The fraction of sp³-hybridized carbons (Fsp3) is 0.231. The number of nitrogens with zero attached hydrogens (tertiary/aromatic N) is 2. The highest BCUT2D eigenvalue weighted by atomic mass is 16.3. The summed E-state index contributed by atoms with van der Waals surface area (Å²) in [5.41, 5.74) is -0.0797. The van der Waals surface area contributed by atoms with E-state index in [1.165, 1.54) is 4.57 Å². The van der Waals surface area contributed by atoms with Gasteiger partial charge in [-0.3, -0.25) is 4.79 Å². The molecule has 1 heterocycles. The van der Waals surface area contributed by atoms with E-state index >= 15 is 0 Å². The lowest BCUT2D eigenvalue weighted by atomic mass is 10.1. The smallest absolute Gasteiger partial charge is 0.272 e. The van der Waals surface area contributed by atoms with Gasteiger partial charge in [-0.2, -0.15) is 5.26 Å². The molecule has 1 aromatic carbocycles. The normalized spacial score (nSPS) is 9.29. The van der Waals surface area contributed by atoms with Crippen LogP contribution in [-0.2, 0) is 7.05 Å². The van der Waals surface area contributed by atoms with Crippen LogP contribution in [0.5, 0.6) is 5.75 Å². The summed E-state index contributed by atoms with van der Waals surface area (Å²) >= 11 is 0. The Labute approximate surface area is 99.4 Å². The number of para-hydroxylation sites is 1. The van der Waals surface area contributed by atoms with Gasteiger partial charge in [0.25, 0.3) is 5.56 Å². The van der Waals surface area contributed by atoms with Crippen LogP contribution in [0.1, 0.15) is 19.4 Å². The maximum absolute atomic E-state index is 11.6. The highest BCUT2D eigenvalue weighted by Gasteiger charge is 2.12. The van der Waals surface area contributed by atoms with Crippen molar-refractivity contribution in [1.29, 1.82) is 5.26 Å². The molecule has 2 rings (SSSR count). The van der Waals surface area contributed by atoms with E-state index in [2.05, 4.69) is 0 Å². The van der Waals surface area contributed by atoms with Crippen LogP contribution in [0.3, 0.4) is 0 Å². The number of pyridine rings is 1. The number of fused-ring (bicyclic) bond motifs is 1. The maximum Gasteiger partial charge on any atom is 0.272 e. The summed E-state index contributed by atoms with van der Waals surface area (Å²) in [5, 5.41) is 19.0. The predicted octanol–water partition coefficient (Wildman–Crippen LogP) is 2.14. The Hall–Kier alpha value is -2.28. The first kappa shape index (κ1) is 12.8. The zero-order valence-corrected chi connectivity index (χ0v) is 10.1. The summed E-state index contributed by atoms with van der Waals surface area (Å²) in [7, 11) is 1.57. The molecule has 4 nitrogen and oxygen atoms in total. The average Bonchev–Trinajstić information content (AvgIpc) is 2.39. The molecule has 0 radical (unpaired) electrons. The van der Waals surface area contributed by atoms with Crippen molar-refractivity contribution < 1.29 is 5.11 Å². The molecule has 0 aliphatic carbocycles. The Morgan fingerprint density at radius 3 is 2.47 bits per heavy atom. The van der Waals surface area contributed by atoms with Crippen molar-refractivity contribution in [2.24, 2.45) is 7.05 Å². The molecule has 0 aliphatic rings. The van der Waals surface area contributed by atoms with Crippen LogP contribution in [0.15, 0.2) is 29.1 Å². The minimum Gasteiger partial charge on any atom is -0.506 e. The second-order valence-electron chi connectivity index (χ2n) is 3.22. The van der Waals surface area contributed by atoms with E-state index in [9.17, 15) is 9.90 Å². The largest absolute Gasteiger partial charge is 0.506 e. The number of rotatable bonds is 0. The van der Waals surface area contributed by atoms with E-state index in [4.69, 9.17) is 5.26 Å². The van der Waals surface area contributed by atoms with E-state index in [1.54, 1.807) is 37.4 Å². The molecule has 0 saturated carbocycles. The Kier molecular flexibility index (Phi) is 3.89. The molecule has 0 unspecified atom stereocenters. The van der Waals surface area contributed by atoms with Gasteiger partial charge in [-0.1, -0.05) is 26.0 Å². The van der Waals surface area contributed by atoms with Crippen LogP contribution in [0.2, 0.25) is 0 Å². The third kappa shape index (κ3) is 2.00. The van der Waals surface area contributed by atoms with E-state index in [1.807, 2.05) is 13.8 Å². The van der Waals surface area contributed by atoms with Gasteiger partial charge in [0.2, 0.25) is 0 Å². The van der Waals surface area contributed by atoms with Gasteiger partial charge in [-0.05, 0) is 12.1 Å².